The van der Waals surface area contributed by atoms with Gasteiger partial charge < -0.3 is 10.6 Å². The molecule has 1 aromatic heterocycles. The number of nitrogens with one attached hydrogen (secondary N) is 2. The first-order valence-electron chi connectivity index (χ1n) is 7.66. The molecule has 0 atom stereocenters. The molecule has 0 radical (unpaired) electrons. The maximum atomic E-state index is 12.5. The third-order valence-corrected chi connectivity index (χ3v) is 4.31. The molecule has 0 amide bonds. The molecular formula is C16H18ClF3N4S. The number of halogens is 4. The quantitative estimate of drug-likeness (QED) is 0.576. The number of benzene rings is 1. The SMILES string of the molecule is CCNC(=NCc1ccc(Cl)cc1)NCCc1nc(C(F)(F)F)cs1. The first-order valence-corrected chi connectivity index (χ1v) is 8.92. The Kier molecular flexibility index (Phi) is 7.07. The van der Waals surface area contributed by atoms with E-state index in [0.29, 0.717) is 42.0 Å². The van der Waals surface area contributed by atoms with Gasteiger partial charge in [0, 0.05) is 29.9 Å². The molecule has 25 heavy (non-hydrogen) atoms. The predicted octanol–water partition coefficient (Wildman–Crippen LogP) is 4.11. The number of hydrogen-bond acceptors (Lipinski definition) is 3. The number of guanidine groups is 1. The average molecular weight is 391 g/mol. The van der Waals surface area contributed by atoms with Gasteiger partial charge in [-0.05, 0) is 24.6 Å². The molecule has 0 aliphatic heterocycles. The summed E-state index contributed by atoms with van der Waals surface area (Å²) in [6, 6.07) is 7.38. The van der Waals surface area contributed by atoms with Crippen LogP contribution in [0.25, 0.3) is 0 Å². The fraction of sp³-hybridized carbons (Fsp3) is 0.375. The summed E-state index contributed by atoms with van der Waals surface area (Å²) in [6.45, 7) is 3.54. The Hall–Kier alpha value is -1.80. The molecular weight excluding hydrogens is 373 g/mol. The highest BCUT2D eigenvalue weighted by Gasteiger charge is 2.33. The predicted molar refractivity (Wildman–Crippen MR) is 95.1 cm³/mol. The number of aliphatic imine (C=N–C) groups is 1. The van der Waals surface area contributed by atoms with Crippen molar-refractivity contribution < 1.29 is 13.2 Å². The van der Waals surface area contributed by atoms with Crippen molar-refractivity contribution in [2.45, 2.75) is 26.1 Å². The molecule has 0 bridgehead atoms. The minimum absolute atomic E-state index is 0.395. The summed E-state index contributed by atoms with van der Waals surface area (Å²) in [5.74, 6) is 0.602. The molecule has 0 fully saturated rings. The van der Waals surface area contributed by atoms with Crippen LogP contribution in [-0.2, 0) is 19.1 Å². The Morgan fingerprint density at radius 3 is 2.56 bits per heavy atom. The van der Waals surface area contributed by atoms with E-state index in [4.69, 9.17) is 11.6 Å². The van der Waals surface area contributed by atoms with Crippen molar-refractivity contribution in [2.75, 3.05) is 13.1 Å². The van der Waals surface area contributed by atoms with Gasteiger partial charge in [-0.15, -0.1) is 11.3 Å². The van der Waals surface area contributed by atoms with Crippen LogP contribution in [0.5, 0.6) is 0 Å². The molecule has 2 aromatic rings. The van der Waals surface area contributed by atoms with Gasteiger partial charge in [0.15, 0.2) is 11.7 Å². The van der Waals surface area contributed by atoms with Crippen LogP contribution in [-0.4, -0.2) is 24.0 Å². The highest BCUT2D eigenvalue weighted by molar-refractivity contribution is 7.09. The van der Waals surface area contributed by atoms with Crippen LogP contribution in [0.2, 0.25) is 5.02 Å². The van der Waals surface area contributed by atoms with Crippen molar-refractivity contribution in [3.63, 3.8) is 0 Å². The number of hydrogen-bond donors (Lipinski definition) is 2. The van der Waals surface area contributed by atoms with Gasteiger partial charge in [-0.25, -0.2) is 9.98 Å². The molecule has 0 unspecified atom stereocenters. The van der Waals surface area contributed by atoms with Crippen LogP contribution in [0, 0.1) is 0 Å². The van der Waals surface area contributed by atoms with Crippen molar-refractivity contribution in [3.05, 3.63) is 50.9 Å². The molecule has 1 aromatic carbocycles. The third kappa shape index (κ3) is 6.55. The lowest BCUT2D eigenvalue weighted by molar-refractivity contribution is -0.140. The molecule has 9 heteroatoms. The fourth-order valence-electron chi connectivity index (χ4n) is 1.95. The highest BCUT2D eigenvalue weighted by atomic mass is 35.5. The van der Waals surface area contributed by atoms with Gasteiger partial charge in [0.1, 0.15) is 0 Å². The maximum absolute atomic E-state index is 12.5. The molecule has 136 valence electrons. The standard InChI is InChI=1S/C16H18ClF3N4S/c1-2-21-15(23-9-11-3-5-12(17)6-4-11)22-8-7-14-24-13(10-25-14)16(18,19)20/h3-6,10H,2,7-9H2,1H3,(H2,21,22,23). The third-order valence-electron chi connectivity index (χ3n) is 3.15. The number of alkyl halides is 3. The molecule has 2 rings (SSSR count). The smallest absolute Gasteiger partial charge is 0.357 e. The maximum Gasteiger partial charge on any atom is 0.434 e. The molecule has 0 saturated carbocycles. The number of aromatic nitrogens is 1. The largest absolute Gasteiger partial charge is 0.434 e. The van der Waals surface area contributed by atoms with Crippen molar-refractivity contribution in [1.82, 2.24) is 15.6 Å². The van der Waals surface area contributed by atoms with Crippen molar-refractivity contribution >= 4 is 28.9 Å². The van der Waals surface area contributed by atoms with Gasteiger partial charge >= 0.3 is 6.18 Å². The zero-order valence-corrected chi connectivity index (χ0v) is 15.1. The summed E-state index contributed by atoms with van der Waals surface area (Å²) in [5, 5.41) is 8.33. The minimum atomic E-state index is -4.39. The second kappa shape index (κ2) is 9.05. The van der Waals surface area contributed by atoms with E-state index in [1.807, 2.05) is 19.1 Å². The van der Waals surface area contributed by atoms with Crippen LogP contribution in [0.3, 0.4) is 0 Å². The van der Waals surface area contributed by atoms with Gasteiger partial charge in [0.25, 0.3) is 0 Å². The molecule has 0 aliphatic rings. The topological polar surface area (TPSA) is 49.3 Å². The Morgan fingerprint density at radius 1 is 1.24 bits per heavy atom. The first-order chi connectivity index (χ1) is 11.9. The summed E-state index contributed by atoms with van der Waals surface area (Å²) in [5.41, 5.74) is 0.173. The zero-order chi connectivity index (χ0) is 18.3. The summed E-state index contributed by atoms with van der Waals surface area (Å²) >= 11 is 6.85. The molecule has 2 N–H and O–H groups in total. The minimum Gasteiger partial charge on any atom is -0.357 e. The van der Waals surface area contributed by atoms with Crippen molar-refractivity contribution in [2.24, 2.45) is 4.99 Å². The van der Waals surface area contributed by atoms with Crippen molar-refractivity contribution in [1.29, 1.82) is 0 Å². The van der Waals surface area contributed by atoms with E-state index in [9.17, 15) is 13.2 Å². The van der Waals surface area contributed by atoms with Gasteiger partial charge in [0.2, 0.25) is 0 Å². The second-order valence-electron chi connectivity index (χ2n) is 5.12. The second-order valence-corrected chi connectivity index (χ2v) is 6.50. The summed E-state index contributed by atoms with van der Waals surface area (Å²) < 4.78 is 37.6. The molecule has 0 spiro atoms. The average Bonchev–Trinajstić information content (AvgIpc) is 3.03. The van der Waals surface area contributed by atoms with Crippen LogP contribution in [0.1, 0.15) is 23.2 Å². The van der Waals surface area contributed by atoms with Gasteiger partial charge in [-0.1, -0.05) is 23.7 Å². The highest BCUT2D eigenvalue weighted by Crippen LogP contribution is 2.29. The Bertz CT molecular complexity index is 698. The summed E-state index contributed by atoms with van der Waals surface area (Å²) in [7, 11) is 0. The van der Waals surface area contributed by atoms with E-state index < -0.39 is 11.9 Å². The summed E-state index contributed by atoms with van der Waals surface area (Å²) in [4.78, 5) is 8.05. The first kappa shape index (κ1) is 19.5. The Morgan fingerprint density at radius 2 is 1.96 bits per heavy atom. The molecule has 1 heterocycles. The van der Waals surface area contributed by atoms with Crippen LogP contribution in [0.15, 0.2) is 34.6 Å². The van der Waals surface area contributed by atoms with Gasteiger partial charge in [-0.3, -0.25) is 0 Å². The number of rotatable bonds is 6. The van der Waals surface area contributed by atoms with Crippen molar-refractivity contribution in [3.8, 4) is 0 Å². The van der Waals surface area contributed by atoms with Gasteiger partial charge in [0.05, 0.1) is 11.6 Å². The lowest BCUT2D eigenvalue weighted by Crippen LogP contribution is -2.38. The van der Waals surface area contributed by atoms with E-state index in [-0.39, 0.29) is 0 Å². The monoisotopic (exact) mass is 390 g/mol. The van der Waals surface area contributed by atoms with Crippen LogP contribution < -0.4 is 10.6 Å². The Labute approximate surface area is 153 Å². The lowest BCUT2D eigenvalue weighted by Gasteiger charge is -2.10. The Balaban J connectivity index is 1.87. The number of nitrogens with zero attached hydrogens (tertiary/aromatic N) is 2. The fourth-order valence-corrected chi connectivity index (χ4v) is 2.88. The van der Waals surface area contributed by atoms with E-state index in [2.05, 4.69) is 20.6 Å². The van der Waals surface area contributed by atoms with E-state index in [1.54, 1.807) is 12.1 Å². The lowest BCUT2D eigenvalue weighted by atomic mass is 10.2. The summed E-state index contributed by atoms with van der Waals surface area (Å²) in [6.07, 6.45) is -4.00. The molecule has 4 nitrogen and oxygen atoms in total. The van der Waals surface area contributed by atoms with Gasteiger partial charge in [-0.2, -0.15) is 13.2 Å². The van der Waals surface area contributed by atoms with Crippen LogP contribution in [0.4, 0.5) is 13.2 Å². The van der Waals surface area contributed by atoms with Crippen LogP contribution >= 0.6 is 22.9 Å². The normalized spacial score (nSPS) is 12.3. The zero-order valence-electron chi connectivity index (χ0n) is 13.5. The molecule has 0 aliphatic carbocycles. The van der Waals surface area contributed by atoms with E-state index in [0.717, 1.165) is 22.3 Å². The van der Waals surface area contributed by atoms with E-state index in [1.165, 1.54) is 0 Å². The van der Waals surface area contributed by atoms with E-state index >= 15 is 0 Å². The molecule has 0 saturated heterocycles. The number of thiazole rings is 1.